The molecule has 8 heteroatoms. The van der Waals surface area contributed by atoms with Crippen molar-refractivity contribution >= 4 is 6.03 Å². The van der Waals surface area contributed by atoms with Crippen molar-refractivity contribution in [1.29, 1.82) is 0 Å². The van der Waals surface area contributed by atoms with Crippen LogP contribution in [0.25, 0.3) is 0 Å². The second-order valence-corrected chi connectivity index (χ2v) is 6.68. The first kappa shape index (κ1) is 19.3. The number of aromatic nitrogens is 2. The molecule has 3 rings (SSSR count). The summed E-state index contributed by atoms with van der Waals surface area (Å²) in [6.45, 7) is 6.33. The lowest BCUT2D eigenvalue weighted by molar-refractivity contribution is 0.197. The molecule has 2 aromatic rings. The van der Waals surface area contributed by atoms with Crippen LogP contribution in [0.2, 0.25) is 0 Å². The van der Waals surface area contributed by atoms with Crippen molar-refractivity contribution in [2.75, 3.05) is 32.7 Å². The third kappa shape index (κ3) is 5.75. The van der Waals surface area contributed by atoms with Gasteiger partial charge in [-0.1, -0.05) is 24.2 Å². The lowest BCUT2D eigenvalue weighted by Crippen LogP contribution is -2.42. The Morgan fingerprint density at radius 2 is 2.04 bits per heavy atom. The zero-order valence-corrected chi connectivity index (χ0v) is 15.7. The molecule has 0 atom stereocenters. The van der Waals surface area contributed by atoms with Gasteiger partial charge in [0.05, 0.1) is 0 Å². The maximum atomic E-state index is 13.0. The third-order valence-corrected chi connectivity index (χ3v) is 4.64. The van der Waals surface area contributed by atoms with Crippen LogP contribution < -0.4 is 5.32 Å². The van der Waals surface area contributed by atoms with Crippen LogP contribution in [-0.4, -0.2) is 58.7 Å². The van der Waals surface area contributed by atoms with Crippen LogP contribution in [-0.2, 0) is 19.4 Å². The Kier molecular flexibility index (Phi) is 6.75. The third-order valence-electron chi connectivity index (χ3n) is 4.64. The molecule has 2 heterocycles. The standard InChI is InChI=1S/C19H26FN5O2/c1-2-17-22-18(27-23-17)8-9-21-19(26)25-11-3-10-24(12-13-25)14-15-4-6-16(20)7-5-15/h4-7H,2-3,8-14H2,1H3,(H,21,26). The smallest absolute Gasteiger partial charge is 0.317 e. The first-order chi connectivity index (χ1) is 13.1. The fourth-order valence-corrected chi connectivity index (χ4v) is 3.10. The Morgan fingerprint density at radius 1 is 1.22 bits per heavy atom. The van der Waals surface area contributed by atoms with Crippen molar-refractivity contribution in [2.24, 2.45) is 0 Å². The monoisotopic (exact) mass is 375 g/mol. The van der Waals surface area contributed by atoms with E-state index in [9.17, 15) is 9.18 Å². The van der Waals surface area contributed by atoms with Crippen molar-refractivity contribution in [2.45, 2.75) is 32.7 Å². The minimum atomic E-state index is -0.219. The van der Waals surface area contributed by atoms with Gasteiger partial charge in [0, 0.05) is 52.1 Å². The summed E-state index contributed by atoms with van der Waals surface area (Å²) in [6.07, 6.45) is 2.18. The van der Waals surface area contributed by atoms with Gasteiger partial charge in [0.2, 0.25) is 5.89 Å². The number of carbonyl (C=O) groups is 1. The fraction of sp³-hybridized carbons (Fsp3) is 0.526. The molecular formula is C19H26FN5O2. The second kappa shape index (κ2) is 9.45. The van der Waals surface area contributed by atoms with Gasteiger partial charge in [-0.2, -0.15) is 4.98 Å². The highest BCUT2D eigenvalue weighted by Crippen LogP contribution is 2.10. The number of hydrogen-bond donors (Lipinski definition) is 1. The van der Waals surface area contributed by atoms with Gasteiger partial charge in [-0.3, -0.25) is 4.90 Å². The highest BCUT2D eigenvalue weighted by molar-refractivity contribution is 5.74. The van der Waals surface area contributed by atoms with Crippen molar-refractivity contribution < 1.29 is 13.7 Å². The largest absolute Gasteiger partial charge is 0.339 e. The van der Waals surface area contributed by atoms with Crippen LogP contribution in [0.15, 0.2) is 28.8 Å². The Morgan fingerprint density at radius 3 is 2.78 bits per heavy atom. The number of rotatable bonds is 6. The summed E-state index contributed by atoms with van der Waals surface area (Å²) in [5, 5.41) is 6.77. The van der Waals surface area contributed by atoms with E-state index in [4.69, 9.17) is 4.52 Å². The van der Waals surface area contributed by atoms with Gasteiger partial charge < -0.3 is 14.7 Å². The average molecular weight is 375 g/mol. The summed E-state index contributed by atoms with van der Waals surface area (Å²) < 4.78 is 18.1. The Balaban J connectivity index is 1.41. The molecule has 1 aromatic heterocycles. The van der Waals surface area contributed by atoms with Crippen LogP contribution in [0, 0.1) is 5.82 Å². The predicted octanol–water partition coefficient (Wildman–Crippen LogP) is 2.23. The van der Waals surface area contributed by atoms with E-state index in [1.807, 2.05) is 24.0 Å². The van der Waals surface area contributed by atoms with E-state index in [0.29, 0.717) is 31.2 Å². The van der Waals surface area contributed by atoms with E-state index < -0.39 is 0 Å². The molecule has 0 bridgehead atoms. The predicted molar refractivity (Wildman–Crippen MR) is 98.6 cm³/mol. The van der Waals surface area contributed by atoms with Gasteiger partial charge in [0.1, 0.15) is 5.82 Å². The molecule has 0 saturated carbocycles. The number of aryl methyl sites for hydroxylation is 1. The van der Waals surface area contributed by atoms with Crippen LogP contribution in [0.3, 0.4) is 0 Å². The van der Waals surface area contributed by atoms with Crippen LogP contribution in [0.4, 0.5) is 9.18 Å². The molecule has 1 saturated heterocycles. The number of carbonyl (C=O) groups excluding carboxylic acids is 1. The molecular weight excluding hydrogens is 349 g/mol. The van der Waals surface area contributed by atoms with E-state index in [2.05, 4.69) is 20.4 Å². The average Bonchev–Trinajstić information content (AvgIpc) is 3.01. The van der Waals surface area contributed by atoms with E-state index >= 15 is 0 Å². The van der Waals surface area contributed by atoms with Crippen molar-refractivity contribution in [1.82, 2.24) is 25.3 Å². The lowest BCUT2D eigenvalue weighted by Gasteiger charge is -2.22. The number of benzene rings is 1. The van der Waals surface area contributed by atoms with Crippen LogP contribution in [0.5, 0.6) is 0 Å². The number of halogens is 1. The van der Waals surface area contributed by atoms with Crippen molar-refractivity contribution in [3.8, 4) is 0 Å². The molecule has 0 spiro atoms. The number of hydrogen-bond acceptors (Lipinski definition) is 5. The maximum Gasteiger partial charge on any atom is 0.317 e. The zero-order valence-electron chi connectivity index (χ0n) is 15.7. The minimum Gasteiger partial charge on any atom is -0.339 e. The summed E-state index contributed by atoms with van der Waals surface area (Å²) in [4.78, 5) is 20.8. The molecule has 1 fully saturated rings. The van der Waals surface area contributed by atoms with Gasteiger partial charge in [-0.05, 0) is 24.1 Å². The quantitative estimate of drug-likeness (QED) is 0.838. The van der Waals surface area contributed by atoms with Gasteiger partial charge in [-0.25, -0.2) is 9.18 Å². The number of nitrogens with zero attached hydrogens (tertiary/aromatic N) is 4. The molecule has 0 aliphatic carbocycles. The molecule has 0 radical (unpaired) electrons. The summed E-state index contributed by atoms with van der Waals surface area (Å²) in [5.74, 6) is 1.02. The van der Waals surface area contributed by atoms with E-state index in [1.54, 1.807) is 0 Å². The van der Waals surface area contributed by atoms with E-state index in [0.717, 1.165) is 44.6 Å². The Labute approximate surface area is 158 Å². The second-order valence-electron chi connectivity index (χ2n) is 6.68. The molecule has 27 heavy (non-hydrogen) atoms. The van der Waals surface area contributed by atoms with E-state index in [-0.39, 0.29) is 11.8 Å². The van der Waals surface area contributed by atoms with Crippen LogP contribution in [0.1, 0.15) is 30.6 Å². The molecule has 2 amide bonds. The van der Waals surface area contributed by atoms with Crippen molar-refractivity contribution in [3.05, 3.63) is 47.4 Å². The summed E-state index contributed by atoms with van der Waals surface area (Å²) in [6, 6.07) is 6.53. The highest BCUT2D eigenvalue weighted by Gasteiger charge is 2.19. The Hall–Kier alpha value is -2.48. The fourth-order valence-electron chi connectivity index (χ4n) is 3.10. The van der Waals surface area contributed by atoms with Gasteiger partial charge in [0.15, 0.2) is 5.82 Å². The molecule has 1 N–H and O–H groups in total. The molecule has 1 aromatic carbocycles. The van der Waals surface area contributed by atoms with Gasteiger partial charge >= 0.3 is 6.03 Å². The normalized spacial score (nSPS) is 15.6. The topological polar surface area (TPSA) is 74.5 Å². The van der Waals surface area contributed by atoms with Crippen LogP contribution >= 0.6 is 0 Å². The van der Waals surface area contributed by atoms with Gasteiger partial charge in [0.25, 0.3) is 0 Å². The Bertz CT molecular complexity index is 734. The number of amides is 2. The summed E-state index contributed by atoms with van der Waals surface area (Å²) in [7, 11) is 0. The summed E-state index contributed by atoms with van der Waals surface area (Å²) >= 11 is 0. The first-order valence-corrected chi connectivity index (χ1v) is 9.45. The number of nitrogens with one attached hydrogen (secondary N) is 1. The number of urea groups is 1. The lowest BCUT2D eigenvalue weighted by atomic mass is 10.2. The minimum absolute atomic E-state index is 0.0612. The maximum absolute atomic E-state index is 13.0. The molecule has 146 valence electrons. The molecule has 1 aliphatic rings. The SMILES string of the molecule is CCc1noc(CCNC(=O)N2CCCN(Cc3ccc(F)cc3)CC2)n1. The molecule has 1 aliphatic heterocycles. The molecule has 0 unspecified atom stereocenters. The van der Waals surface area contributed by atoms with Crippen molar-refractivity contribution in [3.63, 3.8) is 0 Å². The summed E-state index contributed by atoms with van der Waals surface area (Å²) in [5.41, 5.74) is 1.08. The van der Waals surface area contributed by atoms with Gasteiger partial charge in [-0.15, -0.1) is 0 Å². The first-order valence-electron chi connectivity index (χ1n) is 9.45. The zero-order chi connectivity index (χ0) is 19.1. The van der Waals surface area contributed by atoms with E-state index in [1.165, 1.54) is 12.1 Å². The molecule has 7 nitrogen and oxygen atoms in total. The highest BCUT2D eigenvalue weighted by atomic mass is 19.1.